The van der Waals surface area contributed by atoms with Gasteiger partial charge in [0.15, 0.2) is 28.9 Å². The van der Waals surface area contributed by atoms with E-state index >= 15 is 8.78 Å². The van der Waals surface area contributed by atoms with Gasteiger partial charge in [0.05, 0.1) is 25.3 Å². The molecule has 2 heterocycles. The minimum absolute atomic E-state index is 0.0300. The number of aliphatic carboxylic acids is 1. The largest absolute Gasteiger partial charge is 0.496 e. The van der Waals surface area contributed by atoms with Gasteiger partial charge in [-0.05, 0) is 18.2 Å². The third-order valence-electron chi connectivity index (χ3n) is 6.10. The van der Waals surface area contributed by atoms with E-state index in [1.54, 1.807) is 0 Å². The zero-order valence-electron chi connectivity index (χ0n) is 20.7. The molecule has 0 radical (unpaired) electrons. The lowest BCUT2D eigenvalue weighted by Crippen LogP contribution is -2.29. The standard InChI is InChI=1S/C27H21F2N3O7/c1-36-20-3-7-30-13-16(20)25(33)32-14-9-17(28)24(18(29)10-14)38-21-4-8-31-19-12-22(37-2)23(11-15(19)21)39-27(5-6-27)26(34)35/h3-4,7-13H,5-6H2,1-2H3,(H,32,33)(H,34,35). The number of pyridine rings is 2. The van der Waals surface area contributed by atoms with Crippen molar-refractivity contribution in [3.05, 3.63) is 72.2 Å². The summed E-state index contributed by atoms with van der Waals surface area (Å²) in [4.78, 5) is 32.3. The molecule has 0 aliphatic heterocycles. The van der Waals surface area contributed by atoms with Gasteiger partial charge in [-0.2, -0.15) is 0 Å². The number of nitrogens with one attached hydrogen (secondary N) is 1. The molecule has 0 spiro atoms. The number of carboxylic acids is 1. The molecule has 4 aromatic rings. The Morgan fingerprint density at radius 2 is 1.64 bits per heavy atom. The lowest BCUT2D eigenvalue weighted by Gasteiger charge is -2.18. The van der Waals surface area contributed by atoms with Gasteiger partial charge in [0.1, 0.15) is 11.5 Å². The Hall–Kier alpha value is -5.00. The van der Waals surface area contributed by atoms with Gasteiger partial charge in [-0.25, -0.2) is 13.6 Å². The smallest absolute Gasteiger partial charge is 0.348 e. The molecule has 10 nitrogen and oxygen atoms in total. The maximum atomic E-state index is 15.0. The first kappa shape index (κ1) is 25.6. The Bertz CT molecular complexity index is 1590. The van der Waals surface area contributed by atoms with Crippen LogP contribution in [0.2, 0.25) is 0 Å². The van der Waals surface area contributed by atoms with E-state index in [9.17, 15) is 14.7 Å². The van der Waals surface area contributed by atoms with Gasteiger partial charge in [0.25, 0.3) is 5.91 Å². The molecule has 1 amide bonds. The van der Waals surface area contributed by atoms with Crippen LogP contribution in [0.5, 0.6) is 28.7 Å². The van der Waals surface area contributed by atoms with Crippen molar-refractivity contribution in [2.24, 2.45) is 0 Å². The number of amides is 1. The zero-order valence-corrected chi connectivity index (χ0v) is 20.7. The van der Waals surface area contributed by atoms with E-state index in [4.69, 9.17) is 18.9 Å². The average molecular weight is 537 g/mol. The number of halogens is 2. The Balaban J connectivity index is 1.45. The third-order valence-corrected chi connectivity index (χ3v) is 6.10. The Kier molecular flexibility index (Phi) is 6.60. The maximum absolute atomic E-state index is 15.0. The Morgan fingerprint density at radius 3 is 2.28 bits per heavy atom. The number of rotatable bonds is 9. The molecule has 12 heteroatoms. The first-order valence-corrected chi connectivity index (χ1v) is 11.6. The predicted molar refractivity (Wildman–Crippen MR) is 134 cm³/mol. The molecule has 1 fully saturated rings. The van der Waals surface area contributed by atoms with Crippen LogP contribution in [0.25, 0.3) is 10.9 Å². The Morgan fingerprint density at radius 1 is 0.949 bits per heavy atom. The van der Waals surface area contributed by atoms with E-state index in [-0.39, 0.29) is 34.2 Å². The van der Waals surface area contributed by atoms with E-state index in [2.05, 4.69) is 15.3 Å². The van der Waals surface area contributed by atoms with Gasteiger partial charge < -0.3 is 29.4 Å². The van der Waals surface area contributed by atoms with Gasteiger partial charge in [-0.3, -0.25) is 14.8 Å². The molecular formula is C27H21F2N3O7. The molecule has 1 aliphatic rings. The number of carbonyl (C=O) groups is 2. The number of ether oxygens (including phenoxy) is 4. The van der Waals surface area contributed by atoms with Crippen molar-refractivity contribution in [1.82, 2.24) is 9.97 Å². The fraction of sp³-hybridized carbons (Fsp3) is 0.185. The molecule has 2 N–H and O–H groups in total. The summed E-state index contributed by atoms with van der Waals surface area (Å²) in [6, 6.07) is 7.64. The summed E-state index contributed by atoms with van der Waals surface area (Å²) in [5.41, 5.74) is -1.08. The molecule has 0 saturated heterocycles. The molecule has 5 rings (SSSR count). The quantitative estimate of drug-likeness (QED) is 0.304. The van der Waals surface area contributed by atoms with Crippen LogP contribution in [-0.2, 0) is 4.79 Å². The van der Waals surface area contributed by atoms with E-state index in [0.717, 1.165) is 12.1 Å². The van der Waals surface area contributed by atoms with Gasteiger partial charge in [-0.1, -0.05) is 0 Å². The number of methoxy groups -OCH3 is 2. The number of hydrogen-bond donors (Lipinski definition) is 2. The lowest BCUT2D eigenvalue weighted by molar-refractivity contribution is -0.147. The molecule has 39 heavy (non-hydrogen) atoms. The van der Waals surface area contributed by atoms with Gasteiger partial charge in [0, 0.05) is 60.7 Å². The number of carbonyl (C=O) groups excluding carboxylic acids is 1. The number of fused-ring (bicyclic) bond motifs is 1. The highest BCUT2D eigenvalue weighted by Gasteiger charge is 2.54. The third kappa shape index (κ3) is 4.96. The van der Waals surface area contributed by atoms with Crippen LogP contribution >= 0.6 is 0 Å². The highest BCUT2D eigenvalue weighted by Crippen LogP contribution is 2.45. The first-order chi connectivity index (χ1) is 18.7. The maximum Gasteiger partial charge on any atom is 0.348 e. The van der Waals surface area contributed by atoms with Gasteiger partial charge in [-0.15, -0.1) is 0 Å². The van der Waals surface area contributed by atoms with E-state index < -0.39 is 34.9 Å². The van der Waals surface area contributed by atoms with E-state index in [0.29, 0.717) is 23.7 Å². The molecule has 1 aliphatic carbocycles. The molecule has 0 unspecified atom stereocenters. The number of aromatic nitrogens is 2. The van der Waals surface area contributed by atoms with Crippen LogP contribution in [0.4, 0.5) is 14.5 Å². The van der Waals surface area contributed by atoms with Crippen molar-refractivity contribution in [2.75, 3.05) is 19.5 Å². The van der Waals surface area contributed by atoms with Crippen LogP contribution < -0.4 is 24.3 Å². The van der Waals surface area contributed by atoms with Crippen LogP contribution in [0.1, 0.15) is 23.2 Å². The predicted octanol–water partition coefficient (Wildman–Crippen LogP) is 4.97. The first-order valence-electron chi connectivity index (χ1n) is 11.6. The van der Waals surface area contributed by atoms with Crippen molar-refractivity contribution in [3.8, 4) is 28.7 Å². The van der Waals surface area contributed by atoms with Crippen molar-refractivity contribution < 1.29 is 42.4 Å². The molecular weight excluding hydrogens is 516 g/mol. The van der Waals surface area contributed by atoms with Crippen molar-refractivity contribution in [3.63, 3.8) is 0 Å². The SMILES string of the molecule is COc1cc2nccc(Oc3c(F)cc(NC(=O)c4cnccc4OC)cc3F)c2cc1OC1(C(=O)O)CC1. The van der Waals surface area contributed by atoms with E-state index in [1.165, 1.54) is 57.1 Å². The second-order valence-electron chi connectivity index (χ2n) is 8.63. The summed E-state index contributed by atoms with van der Waals surface area (Å²) in [6.07, 6.45) is 4.73. The van der Waals surface area contributed by atoms with Crippen LogP contribution in [0, 0.1) is 11.6 Å². The summed E-state index contributed by atoms with van der Waals surface area (Å²) in [6.45, 7) is 0. The fourth-order valence-electron chi connectivity index (χ4n) is 3.91. The fourth-order valence-corrected chi connectivity index (χ4v) is 3.91. The summed E-state index contributed by atoms with van der Waals surface area (Å²) in [5, 5.41) is 12.2. The lowest BCUT2D eigenvalue weighted by atomic mass is 10.1. The molecule has 0 bridgehead atoms. The van der Waals surface area contributed by atoms with Crippen LogP contribution in [0.3, 0.4) is 0 Å². The average Bonchev–Trinajstić information content (AvgIpc) is 3.71. The molecule has 200 valence electrons. The van der Waals surface area contributed by atoms with Crippen LogP contribution in [-0.4, -0.2) is 46.8 Å². The topological polar surface area (TPSA) is 129 Å². The zero-order chi connectivity index (χ0) is 27.7. The summed E-state index contributed by atoms with van der Waals surface area (Å²) >= 11 is 0. The second-order valence-corrected chi connectivity index (χ2v) is 8.63. The second kappa shape index (κ2) is 10.0. The number of anilines is 1. The van der Waals surface area contributed by atoms with Crippen molar-refractivity contribution in [2.45, 2.75) is 18.4 Å². The molecule has 0 atom stereocenters. The number of hydrogen-bond acceptors (Lipinski definition) is 8. The Labute approximate surface area is 220 Å². The molecule has 2 aromatic heterocycles. The number of carboxylic acid groups (broad SMARTS) is 1. The van der Waals surface area contributed by atoms with Crippen molar-refractivity contribution in [1.29, 1.82) is 0 Å². The molecule has 2 aromatic carbocycles. The summed E-state index contributed by atoms with van der Waals surface area (Å²) in [7, 11) is 2.77. The van der Waals surface area contributed by atoms with Crippen molar-refractivity contribution >= 4 is 28.5 Å². The molecule has 1 saturated carbocycles. The number of nitrogens with zero attached hydrogens (tertiary/aromatic N) is 2. The normalized spacial score (nSPS) is 13.4. The van der Waals surface area contributed by atoms with Gasteiger partial charge in [0.2, 0.25) is 5.60 Å². The van der Waals surface area contributed by atoms with E-state index in [1.807, 2.05) is 0 Å². The van der Waals surface area contributed by atoms with Gasteiger partial charge >= 0.3 is 5.97 Å². The summed E-state index contributed by atoms with van der Waals surface area (Å²) in [5.74, 6) is -4.04. The summed E-state index contributed by atoms with van der Waals surface area (Å²) < 4.78 is 51.9. The highest BCUT2D eigenvalue weighted by molar-refractivity contribution is 6.06. The van der Waals surface area contributed by atoms with Crippen LogP contribution in [0.15, 0.2) is 55.0 Å². The number of benzene rings is 2. The highest BCUT2D eigenvalue weighted by atomic mass is 19.1. The minimum atomic E-state index is -1.36. The minimum Gasteiger partial charge on any atom is -0.496 e. The monoisotopic (exact) mass is 537 g/mol.